The Kier molecular flexibility index (Phi) is 6.17. The molecule has 1 aromatic heterocycles. The number of carbonyl (C=O) groups excluding carboxylic acids is 1. The third-order valence-electron chi connectivity index (χ3n) is 6.42. The van der Waals surface area contributed by atoms with Crippen LogP contribution in [0.3, 0.4) is 0 Å². The highest BCUT2D eigenvalue weighted by Gasteiger charge is 2.41. The standard InChI is InChI=1S/C30H26N2O4/c1-21(35-28(31)33)20-22-12-11-19-26-27(22)36-29(34)32(26)30(23-13-5-2-6-14-23,24-15-7-3-8-16-24)25-17-9-4-10-18-25/h2-19,21H,20H2,1H3,(H2,31,33). The van der Waals surface area contributed by atoms with E-state index in [2.05, 4.69) is 0 Å². The van der Waals surface area contributed by atoms with E-state index < -0.39 is 23.5 Å². The fourth-order valence-corrected chi connectivity index (χ4v) is 5.05. The van der Waals surface area contributed by atoms with Gasteiger partial charge < -0.3 is 14.9 Å². The van der Waals surface area contributed by atoms with Gasteiger partial charge in [-0.1, -0.05) is 103 Å². The number of ether oxygens (including phenoxy) is 1. The number of hydrogen-bond donors (Lipinski definition) is 1. The van der Waals surface area contributed by atoms with Crippen LogP contribution < -0.4 is 11.5 Å². The lowest BCUT2D eigenvalue weighted by atomic mass is 9.76. The second-order valence-electron chi connectivity index (χ2n) is 8.73. The Hall–Kier alpha value is -4.58. The summed E-state index contributed by atoms with van der Waals surface area (Å²) < 4.78 is 12.8. The summed E-state index contributed by atoms with van der Waals surface area (Å²) in [5.74, 6) is -0.488. The quantitative estimate of drug-likeness (QED) is 0.315. The van der Waals surface area contributed by atoms with Gasteiger partial charge in [-0.25, -0.2) is 9.59 Å². The number of carbonyl (C=O) groups is 1. The van der Waals surface area contributed by atoms with Crippen LogP contribution >= 0.6 is 0 Å². The molecule has 0 saturated carbocycles. The molecule has 0 bridgehead atoms. The summed E-state index contributed by atoms with van der Waals surface area (Å²) in [6.07, 6.45) is -0.976. The second kappa shape index (κ2) is 9.58. The SMILES string of the molecule is CC(Cc1cccc2c1oc(=O)n2C(c1ccccc1)(c1ccccc1)c1ccccc1)OC(N)=O. The van der Waals surface area contributed by atoms with Crippen LogP contribution in [0.4, 0.5) is 4.79 Å². The van der Waals surface area contributed by atoms with Gasteiger partial charge in [0.2, 0.25) is 0 Å². The van der Waals surface area contributed by atoms with Crippen molar-refractivity contribution in [3.05, 3.63) is 142 Å². The summed E-state index contributed by atoms with van der Waals surface area (Å²) in [5, 5.41) is 0. The maximum atomic E-state index is 13.8. The zero-order valence-electron chi connectivity index (χ0n) is 19.8. The van der Waals surface area contributed by atoms with Gasteiger partial charge in [0.15, 0.2) is 5.58 Å². The maximum Gasteiger partial charge on any atom is 0.421 e. The van der Waals surface area contributed by atoms with Crippen molar-refractivity contribution in [1.29, 1.82) is 0 Å². The minimum atomic E-state index is -1.000. The van der Waals surface area contributed by atoms with Crippen molar-refractivity contribution < 1.29 is 13.9 Å². The number of aromatic nitrogens is 1. The molecule has 1 atom stereocenters. The number of nitrogens with two attached hydrogens (primary N) is 1. The fourth-order valence-electron chi connectivity index (χ4n) is 5.05. The fraction of sp³-hybridized carbons (Fsp3) is 0.133. The Balaban J connectivity index is 1.85. The first-order chi connectivity index (χ1) is 17.5. The molecule has 1 amide bonds. The number of primary amides is 1. The Morgan fingerprint density at radius 3 is 1.81 bits per heavy atom. The van der Waals surface area contributed by atoms with Gasteiger partial charge in [-0.15, -0.1) is 0 Å². The van der Waals surface area contributed by atoms with Crippen molar-refractivity contribution >= 4 is 17.2 Å². The third kappa shape index (κ3) is 3.96. The first-order valence-electron chi connectivity index (χ1n) is 11.8. The molecule has 4 aromatic carbocycles. The van der Waals surface area contributed by atoms with Crippen molar-refractivity contribution in [3.8, 4) is 0 Å². The van der Waals surface area contributed by atoms with E-state index in [4.69, 9.17) is 14.9 Å². The lowest BCUT2D eigenvalue weighted by Gasteiger charge is -2.36. The Labute approximate surface area is 208 Å². The summed E-state index contributed by atoms with van der Waals surface area (Å²) >= 11 is 0. The van der Waals surface area contributed by atoms with Crippen LogP contribution in [0, 0.1) is 0 Å². The summed E-state index contributed by atoms with van der Waals surface area (Å²) in [6.45, 7) is 1.75. The van der Waals surface area contributed by atoms with Crippen molar-refractivity contribution in [3.63, 3.8) is 0 Å². The van der Waals surface area contributed by atoms with Gasteiger partial charge in [0.1, 0.15) is 11.6 Å². The monoisotopic (exact) mass is 478 g/mol. The van der Waals surface area contributed by atoms with E-state index in [-0.39, 0.29) is 0 Å². The van der Waals surface area contributed by atoms with E-state index in [1.54, 1.807) is 11.5 Å². The van der Waals surface area contributed by atoms with Gasteiger partial charge >= 0.3 is 11.8 Å². The average Bonchev–Trinajstić information content (AvgIpc) is 3.23. The normalized spacial score (nSPS) is 12.4. The molecule has 6 heteroatoms. The molecule has 2 N–H and O–H groups in total. The lowest BCUT2D eigenvalue weighted by molar-refractivity contribution is 0.116. The Bertz CT molecular complexity index is 1440. The van der Waals surface area contributed by atoms with E-state index in [1.807, 2.05) is 109 Å². The van der Waals surface area contributed by atoms with Crippen molar-refractivity contribution in [1.82, 2.24) is 4.57 Å². The zero-order valence-corrected chi connectivity index (χ0v) is 19.8. The largest absolute Gasteiger partial charge is 0.446 e. The summed E-state index contributed by atoms with van der Waals surface area (Å²) in [4.78, 5) is 25.1. The van der Waals surface area contributed by atoms with Gasteiger partial charge in [-0.2, -0.15) is 0 Å². The number of nitrogens with zero attached hydrogens (tertiary/aromatic N) is 1. The first kappa shape index (κ1) is 23.2. The van der Waals surface area contributed by atoms with Crippen molar-refractivity contribution in [2.45, 2.75) is 25.0 Å². The summed E-state index contributed by atoms with van der Waals surface area (Å²) in [5.41, 5.74) is 8.80. The van der Waals surface area contributed by atoms with Gasteiger partial charge in [0.05, 0.1) is 5.52 Å². The highest BCUT2D eigenvalue weighted by atomic mass is 16.6. The Morgan fingerprint density at radius 1 is 0.833 bits per heavy atom. The predicted molar refractivity (Wildman–Crippen MR) is 139 cm³/mol. The molecule has 0 aliphatic heterocycles. The molecule has 0 aliphatic carbocycles. The highest BCUT2D eigenvalue weighted by molar-refractivity contribution is 5.78. The molecule has 0 aliphatic rings. The van der Waals surface area contributed by atoms with Crippen LogP contribution in [0.15, 0.2) is 118 Å². The lowest BCUT2D eigenvalue weighted by Crippen LogP contribution is -2.42. The molecule has 0 saturated heterocycles. The molecular weight excluding hydrogens is 452 g/mol. The van der Waals surface area contributed by atoms with Gasteiger partial charge in [-0.3, -0.25) is 4.57 Å². The molecule has 36 heavy (non-hydrogen) atoms. The molecule has 180 valence electrons. The molecule has 5 rings (SSSR count). The van der Waals surface area contributed by atoms with Crippen LogP contribution in [0.1, 0.15) is 29.2 Å². The summed E-state index contributed by atoms with van der Waals surface area (Å²) in [7, 11) is 0. The number of amides is 1. The topological polar surface area (TPSA) is 87.5 Å². The first-order valence-corrected chi connectivity index (χ1v) is 11.8. The molecule has 1 unspecified atom stereocenters. The minimum absolute atomic E-state index is 0.349. The van der Waals surface area contributed by atoms with Crippen LogP contribution in [0.5, 0.6) is 0 Å². The van der Waals surface area contributed by atoms with Crippen molar-refractivity contribution in [2.24, 2.45) is 5.73 Å². The van der Waals surface area contributed by atoms with Crippen molar-refractivity contribution in [2.75, 3.05) is 0 Å². The Morgan fingerprint density at radius 2 is 1.33 bits per heavy atom. The number of benzene rings is 4. The summed E-state index contributed by atoms with van der Waals surface area (Å²) in [6, 6.07) is 35.5. The number of oxazole rings is 1. The average molecular weight is 479 g/mol. The predicted octanol–water partition coefficient (Wildman–Crippen LogP) is 5.46. The second-order valence-corrected chi connectivity index (χ2v) is 8.73. The smallest absolute Gasteiger partial charge is 0.421 e. The number of rotatable bonds is 7. The molecule has 0 spiro atoms. The molecule has 0 radical (unpaired) electrons. The molecule has 5 aromatic rings. The van der Waals surface area contributed by atoms with Gasteiger partial charge in [0, 0.05) is 12.0 Å². The van der Waals surface area contributed by atoms with Crippen LogP contribution in [-0.4, -0.2) is 16.8 Å². The zero-order chi connectivity index (χ0) is 25.1. The van der Waals surface area contributed by atoms with Crippen LogP contribution in [0.2, 0.25) is 0 Å². The van der Waals surface area contributed by atoms with E-state index in [1.165, 1.54) is 0 Å². The number of para-hydroxylation sites is 1. The van der Waals surface area contributed by atoms with Crippen LogP contribution in [0.25, 0.3) is 11.1 Å². The van der Waals surface area contributed by atoms with Crippen LogP contribution in [-0.2, 0) is 16.7 Å². The number of hydrogen-bond acceptors (Lipinski definition) is 4. The molecular formula is C30H26N2O4. The van der Waals surface area contributed by atoms with E-state index >= 15 is 0 Å². The van der Waals surface area contributed by atoms with E-state index in [9.17, 15) is 9.59 Å². The molecule has 6 nitrogen and oxygen atoms in total. The molecule has 1 heterocycles. The highest BCUT2D eigenvalue weighted by Crippen LogP contribution is 2.42. The third-order valence-corrected chi connectivity index (χ3v) is 6.42. The maximum absolute atomic E-state index is 13.8. The van der Waals surface area contributed by atoms with E-state index in [0.717, 1.165) is 22.3 Å². The van der Waals surface area contributed by atoms with E-state index in [0.29, 0.717) is 17.5 Å². The minimum Gasteiger partial charge on any atom is -0.446 e. The van der Waals surface area contributed by atoms with Gasteiger partial charge in [0.25, 0.3) is 0 Å². The number of fused-ring (bicyclic) bond motifs is 1. The van der Waals surface area contributed by atoms with Gasteiger partial charge in [-0.05, 0) is 29.7 Å². The molecule has 0 fully saturated rings.